The number of piperidine rings is 1. The number of anilines is 1. The van der Waals surface area contributed by atoms with Gasteiger partial charge in [0.1, 0.15) is 11.6 Å². The molecule has 0 spiro atoms. The van der Waals surface area contributed by atoms with Crippen molar-refractivity contribution < 1.29 is 9.18 Å². The summed E-state index contributed by atoms with van der Waals surface area (Å²) in [6.07, 6.45) is 3.76. The maximum atomic E-state index is 12.9. The summed E-state index contributed by atoms with van der Waals surface area (Å²) >= 11 is 0. The summed E-state index contributed by atoms with van der Waals surface area (Å²) in [5.41, 5.74) is 1.71. The van der Waals surface area contributed by atoms with Gasteiger partial charge in [0.2, 0.25) is 5.91 Å². The molecule has 1 N–H and O–H groups in total. The number of hydrogen-bond donors (Lipinski definition) is 1. The van der Waals surface area contributed by atoms with Crippen molar-refractivity contribution in [2.75, 3.05) is 18.4 Å². The molecule has 3 rings (SSSR count). The summed E-state index contributed by atoms with van der Waals surface area (Å²) in [7, 11) is 0. The maximum absolute atomic E-state index is 12.9. The van der Waals surface area contributed by atoms with Gasteiger partial charge in [-0.1, -0.05) is 0 Å². The highest BCUT2D eigenvalue weighted by Crippen LogP contribution is 2.27. The lowest BCUT2D eigenvalue weighted by Gasteiger charge is -2.35. The Morgan fingerprint density at radius 1 is 1.24 bits per heavy atom. The van der Waals surface area contributed by atoms with E-state index in [2.05, 4.69) is 20.2 Å². The first-order valence-electron chi connectivity index (χ1n) is 8.63. The number of likely N-dealkylation sites (tertiary alicyclic amines) is 1. The predicted octanol–water partition coefficient (Wildman–Crippen LogP) is 3.13. The highest BCUT2D eigenvalue weighted by atomic mass is 19.1. The highest BCUT2D eigenvalue weighted by Gasteiger charge is 2.27. The van der Waals surface area contributed by atoms with E-state index in [1.807, 2.05) is 26.1 Å². The van der Waals surface area contributed by atoms with Crippen LogP contribution in [0.2, 0.25) is 0 Å². The number of amides is 1. The fraction of sp³-hybridized carbons (Fsp3) is 0.421. The normalized spacial score (nSPS) is 17.2. The molecular formula is C19H23FN4O. The van der Waals surface area contributed by atoms with E-state index in [-0.39, 0.29) is 17.8 Å². The molecule has 1 amide bonds. The Balaban J connectivity index is 1.54. The Morgan fingerprint density at radius 2 is 1.92 bits per heavy atom. The molecule has 2 aromatic rings. The Morgan fingerprint density at radius 3 is 2.56 bits per heavy atom. The van der Waals surface area contributed by atoms with Crippen LogP contribution in [0.4, 0.5) is 10.1 Å². The second-order valence-electron chi connectivity index (χ2n) is 6.51. The number of carbonyl (C=O) groups excluding carboxylic acids is 1. The standard InChI is InChI=1S/C19H23FN4O/c1-13(19(25)23-17-5-3-16(20)4-6-17)24-11-8-15(9-12-24)18-7-10-21-14(2)22-18/h3-7,10,13,15H,8-9,11-12H2,1-2H3,(H,23,25). The fourth-order valence-electron chi connectivity index (χ4n) is 3.23. The minimum absolute atomic E-state index is 0.0667. The van der Waals surface area contributed by atoms with Gasteiger partial charge in [-0.15, -0.1) is 0 Å². The second kappa shape index (κ2) is 7.70. The minimum Gasteiger partial charge on any atom is -0.325 e. The first kappa shape index (κ1) is 17.5. The van der Waals surface area contributed by atoms with Crippen molar-refractivity contribution in [3.63, 3.8) is 0 Å². The number of carbonyl (C=O) groups is 1. The molecule has 0 saturated carbocycles. The summed E-state index contributed by atoms with van der Waals surface area (Å²) in [6, 6.07) is 7.59. The zero-order chi connectivity index (χ0) is 17.8. The molecular weight excluding hydrogens is 319 g/mol. The van der Waals surface area contributed by atoms with Gasteiger partial charge in [0.25, 0.3) is 0 Å². The van der Waals surface area contributed by atoms with Crippen molar-refractivity contribution in [3.05, 3.63) is 53.9 Å². The number of aryl methyl sites for hydroxylation is 1. The van der Waals surface area contributed by atoms with E-state index in [0.29, 0.717) is 11.6 Å². The van der Waals surface area contributed by atoms with Crippen molar-refractivity contribution in [2.45, 2.75) is 38.6 Å². The smallest absolute Gasteiger partial charge is 0.241 e. The molecule has 132 valence electrons. The number of rotatable bonds is 4. The lowest BCUT2D eigenvalue weighted by Crippen LogP contribution is -2.45. The molecule has 1 aromatic heterocycles. The quantitative estimate of drug-likeness (QED) is 0.927. The van der Waals surface area contributed by atoms with Crippen LogP contribution in [0.1, 0.15) is 37.2 Å². The van der Waals surface area contributed by atoms with Crippen LogP contribution in [-0.4, -0.2) is 39.9 Å². The SMILES string of the molecule is Cc1nccc(C2CCN(C(C)C(=O)Nc3ccc(F)cc3)CC2)n1. The zero-order valence-corrected chi connectivity index (χ0v) is 14.6. The molecule has 1 saturated heterocycles. The molecule has 0 aliphatic carbocycles. The zero-order valence-electron chi connectivity index (χ0n) is 14.6. The van der Waals surface area contributed by atoms with Crippen molar-refractivity contribution in [1.29, 1.82) is 0 Å². The molecule has 2 heterocycles. The maximum Gasteiger partial charge on any atom is 0.241 e. The van der Waals surface area contributed by atoms with Crippen LogP contribution in [0.25, 0.3) is 0 Å². The molecule has 6 heteroatoms. The van der Waals surface area contributed by atoms with Gasteiger partial charge in [0.05, 0.1) is 6.04 Å². The average molecular weight is 342 g/mol. The van der Waals surface area contributed by atoms with Crippen LogP contribution in [0.15, 0.2) is 36.5 Å². The van der Waals surface area contributed by atoms with E-state index >= 15 is 0 Å². The molecule has 25 heavy (non-hydrogen) atoms. The van der Waals surface area contributed by atoms with Gasteiger partial charge in [0, 0.05) is 23.5 Å². The first-order valence-corrected chi connectivity index (χ1v) is 8.63. The summed E-state index contributed by atoms with van der Waals surface area (Å²) in [6.45, 7) is 5.52. The largest absolute Gasteiger partial charge is 0.325 e. The number of aromatic nitrogens is 2. The Kier molecular flexibility index (Phi) is 5.38. The third-order valence-corrected chi connectivity index (χ3v) is 4.78. The number of halogens is 1. The fourth-order valence-corrected chi connectivity index (χ4v) is 3.23. The van der Waals surface area contributed by atoms with Gasteiger partial charge in [-0.05, 0) is 70.1 Å². The summed E-state index contributed by atoms with van der Waals surface area (Å²) in [5.74, 6) is 0.841. The van der Waals surface area contributed by atoms with Gasteiger partial charge >= 0.3 is 0 Å². The summed E-state index contributed by atoms with van der Waals surface area (Å²) < 4.78 is 12.9. The van der Waals surface area contributed by atoms with E-state index in [1.54, 1.807) is 12.1 Å². The monoisotopic (exact) mass is 342 g/mol. The van der Waals surface area contributed by atoms with Gasteiger partial charge in [-0.2, -0.15) is 0 Å². The van der Waals surface area contributed by atoms with Crippen molar-refractivity contribution >= 4 is 11.6 Å². The molecule has 5 nitrogen and oxygen atoms in total. The number of hydrogen-bond acceptors (Lipinski definition) is 4. The first-order chi connectivity index (χ1) is 12.0. The van der Waals surface area contributed by atoms with Gasteiger partial charge in [0.15, 0.2) is 0 Å². The lowest BCUT2D eigenvalue weighted by atomic mass is 9.92. The van der Waals surface area contributed by atoms with Crippen LogP contribution >= 0.6 is 0 Å². The van der Waals surface area contributed by atoms with Crippen LogP contribution in [-0.2, 0) is 4.79 Å². The Bertz CT molecular complexity index is 726. The van der Waals surface area contributed by atoms with E-state index in [4.69, 9.17) is 0 Å². The van der Waals surface area contributed by atoms with Crippen LogP contribution < -0.4 is 5.32 Å². The molecule has 0 radical (unpaired) electrons. The second-order valence-corrected chi connectivity index (χ2v) is 6.51. The summed E-state index contributed by atoms with van der Waals surface area (Å²) in [4.78, 5) is 23.3. The topological polar surface area (TPSA) is 58.1 Å². The van der Waals surface area contributed by atoms with Crippen molar-refractivity contribution in [3.8, 4) is 0 Å². The van der Waals surface area contributed by atoms with E-state index in [1.165, 1.54) is 12.1 Å². The molecule has 1 aliphatic heterocycles. The lowest BCUT2D eigenvalue weighted by molar-refractivity contribution is -0.121. The molecule has 1 aromatic carbocycles. The molecule has 1 fully saturated rings. The van der Waals surface area contributed by atoms with E-state index in [0.717, 1.165) is 37.4 Å². The van der Waals surface area contributed by atoms with Gasteiger partial charge in [-0.3, -0.25) is 9.69 Å². The van der Waals surface area contributed by atoms with E-state index < -0.39 is 0 Å². The number of nitrogens with zero attached hydrogens (tertiary/aromatic N) is 3. The third kappa shape index (κ3) is 4.39. The molecule has 1 unspecified atom stereocenters. The average Bonchev–Trinajstić information content (AvgIpc) is 2.63. The van der Waals surface area contributed by atoms with E-state index in [9.17, 15) is 9.18 Å². The predicted molar refractivity (Wildman–Crippen MR) is 94.8 cm³/mol. The minimum atomic E-state index is -0.312. The summed E-state index contributed by atoms with van der Waals surface area (Å²) in [5, 5.41) is 2.85. The Labute approximate surface area is 147 Å². The van der Waals surface area contributed by atoms with Gasteiger partial charge < -0.3 is 5.32 Å². The van der Waals surface area contributed by atoms with Gasteiger partial charge in [-0.25, -0.2) is 14.4 Å². The molecule has 1 aliphatic rings. The Hall–Kier alpha value is -2.34. The third-order valence-electron chi connectivity index (χ3n) is 4.78. The van der Waals surface area contributed by atoms with Crippen LogP contribution in [0.3, 0.4) is 0 Å². The van der Waals surface area contributed by atoms with Crippen LogP contribution in [0.5, 0.6) is 0 Å². The van der Waals surface area contributed by atoms with Crippen molar-refractivity contribution in [2.24, 2.45) is 0 Å². The molecule has 0 bridgehead atoms. The number of benzene rings is 1. The number of nitrogens with one attached hydrogen (secondary N) is 1. The van der Waals surface area contributed by atoms with Crippen LogP contribution in [0, 0.1) is 12.7 Å². The highest BCUT2D eigenvalue weighted by molar-refractivity contribution is 5.94. The van der Waals surface area contributed by atoms with Crippen molar-refractivity contribution in [1.82, 2.24) is 14.9 Å². The molecule has 1 atom stereocenters.